The van der Waals surface area contributed by atoms with E-state index in [9.17, 15) is 9.59 Å². The largest absolute Gasteiger partial charge is 0.378 e. The average Bonchev–Trinajstić information content (AvgIpc) is 2.99. The maximum absolute atomic E-state index is 12.7. The van der Waals surface area contributed by atoms with Crippen LogP contribution in [0.1, 0.15) is 29.9 Å². The summed E-state index contributed by atoms with van der Waals surface area (Å²) in [5.74, 6) is 0.186. The van der Waals surface area contributed by atoms with Crippen LogP contribution < -0.4 is 15.8 Å². The molecule has 1 N–H and O–H groups in total. The number of carbonyl (C=O) groups is 1. The Morgan fingerprint density at radius 2 is 1.82 bits per heavy atom. The first-order valence-corrected chi connectivity index (χ1v) is 9.51. The SMILES string of the molecule is CC(C)Cn1ccc2c(cc(C(=O)NCc3ccc(N(C)C)cc3)n2C)c1=O. The summed E-state index contributed by atoms with van der Waals surface area (Å²) in [4.78, 5) is 27.5. The van der Waals surface area contributed by atoms with Crippen LogP contribution in [-0.2, 0) is 20.1 Å². The zero-order chi connectivity index (χ0) is 20.4. The van der Waals surface area contributed by atoms with Crippen molar-refractivity contribution in [1.82, 2.24) is 14.5 Å². The number of aromatic nitrogens is 2. The topological polar surface area (TPSA) is 59.3 Å². The van der Waals surface area contributed by atoms with Gasteiger partial charge in [-0.3, -0.25) is 9.59 Å². The van der Waals surface area contributed by atoms with Gasteiger partial charge in [0.2, 0.25) is 0 Å². The van der Waals surface area contributed by atoms with Gasteiger partial charge in [-0.15, -0.1) is 0 Å². The second-order valence-electron chi connectivity index (χ2n) is 7.80. The molecule has 28 heavy (non-hydrogen) atoms. The Morgan fingerprint density at radius 3 is 2.43 bits per heavy atom. The van der Waals surface area contributed by atoms with Crippen molar-refractivity contribution in [2.75, 3.05) is 19.0 Å². The molecule has 3 aromatic rings. The molecule has 1 amide bonds. The third-order valence-electron chi connectivity index (χ3n) is 4.88. The number of pyridine rings is 1. The van der Waals surface area contributed by atoms with Gasteiger partial charge in [0.25, 0.3) is 11.5 Å². The van der Waals surface area contributed by atoms with Crippen LogP contribution in [0.5, 0.6) is 0 Å². The van der Waals surface area contributed by atoms with Crippen molar-refractivity contribution in [3.63, 3.8) is 0 Å². The van der Waals surface area contributed by atoms with Crippen molar-refractivity contribution in [3.8, 4) is 0 Å². The minimum absolute atomic E-state index is 0.0554. The molecule has 6 nitrogen and oxygen atoms in total. The van der Waals surface area contributed by atoms with Gasteiger partial charge in [-0.25, -0.2) is 0 Å². The number of anilines is 1. The highest BCUT2D eigenvalue weighted by molar-refractivity contribution is 5.98. The number of amides is 1. The first-order valence-electron chi connectivity index (χ1n) is 9.51. The molecule has 2 heterocycles. The molecule has 0 spiro atoms. The molecule has 1 aromatic carbocycles. The van der Waals surface area contributed by atoms with Gasteiger partial charge in [0.05, 0.1) is 10.9 Å². The highest BCUT2D eigenvalue weighted by Gasteiger charge is 2.16. The summed E-state index contributed by atoms with van der Waals surface area (Å²) in [5, 5.41) is 3.52. The number of carbonyl (C=O) groups excluding carboxylic acids is 1. The summed E-state index contributed by atoms with van der Waals surface area (Å²) in [5.41, 5.74) is 3.34. The minimum atomic E-state index is -0.190. The molecular formula is C22H28N4O2. The van der Waals surface area contributed by atoms with Gasteiger partial charge in [0, 0.05) is 46.1 Å². The monoisotopic (exact) mass is 380 g/mol. The standard InChI is InChI=1S/C22H28N4O2/c1-15(2)14-26-11-10-19-18(22(26)28)12-20(25(19)5)21(27)23-13-16-6-8-17(9-7-16)24(3)4/h6-12,15H,13-14H2,1-5H3,(H,23,27). The fraction of sp³-hybridized carbons (Fsp3) is 0.364. The Morgan fingerprint density at radius 1 is 1.14 bits per heavy atom. The maximum Gasteiger partial charge on any atom is 0.268 e. The minimum Gasteiger partial charge on any atom is -0.378 e. The van der Waals surface area contributed by atoms with E-state index in [4.69, 9.17) is 0 Å². The van der Waals surface area contributed by atoms with Gasteiger partial charge in [0.15, 0.2) is 0 Å². The van der Waals surface area contributed by atoms with Crippen molar-refractivity contribution >= 4 is 22.5 Å². The molecule has 0 radical (unpaired) electrons. The predicted octanol–water partition coefficient (Wildman–Crippen LogP) is 2.99. The molecular weight excluding hydrogens is 352 g/mol. The Kier molecular flexibility index (Phi) is 5.58. The molecule has 0 atom stereocenters. The molecule has 0 aliphatic heterocycles. The van der Waals surface area contributed by atoms with E-state index in [2.05, 4.69) is 19.2 Å². The van der Waals surface area contributed by atoms with Crippen LogP contribution in [0.25, 0.3) is 10.9 Å². The number of nitrogens with zero attached hydrogens (tertiary/aromatic N) is 3. The second-order valence-corrected chi connectivity index (χ2v) is 7.80. The average molecular weight is 380 g/mol. The third-order valence-corrected chi connectivity index (χ3v) is 4.88. The predicted molar refractivity (Wildman–Crippen MR) is 114 cm³/mol. The van der Waals surface area contributed by atoms with Gasteiger partial charge in [-0.2, -0.15) is 0 Å². The highest BCUT2D eigenvalue weighted by Crippen LogP contribution is 2.16. The number of nitrogens with one attached hydrogen (secondary N) is 1. The van der Waals surface area contributed by atoms with Crippen LogP contribution in [0.15, 0.2) is 47.4 Å². The number of fused-ring (bicyclic) bond motifs is 1. The molecule has 0 saturated heterocycles. The van der Waals surface area contributed by atoms with E-state index >= 15 is 0 Å². The zero-order valence-electron chi connectivity index (χ0n) is 17.2. The first-order chi connectivity index (χ1) is 13.3. The van der Waals surface area contributed by atoms with Crippen LogP contribution in [0, 0.1) is 5.92 Å². The number of benzene rings is 1. The fourth-order valence-electron chi connectivity index (χ4n) is 3.31. The van der Waals surface area contributed by atoms with Crippen LogP contribution in [0.2, 0.25) is 0 Å². The van der Waals surface area contributed by atoms with Gasteiger partial charge in [-0.05, 0) is 35.7 Å². The Hall–Kier alpha value is -3.02. The van der Waals surface area contributed by atoms with Crippen molar-refractivity contribution in [3.05, 3.63) is 64.2 Å². The molecule has 3 rings (SSSR count). The van der Waals surface area contributed by atoms with Crippen molar-refractivity contribution in [2.24, 2.45) is 13.0 Å². The van der Waals surface area contributed by atoms with E-state index in [0.29, 0.717) is 30.1 Å². The van der Waals surface area contributed by atoms with Crippen molar-refractivity contribution < 1.29 is 4.79 Å². The molecule has 0 bridgehead atoms. The normalized spacial score (nSPS) is 11.2. The number of hydrogen-bond acceptors (Lipinski definition) is 3. The Labute approximate surface area is 165 Å². The van der Waals surface area contributed by atoms with E-state index in [-0.39, 0.29) is 11.5 Å². The van der Waals surface area contributed by atoms with E-state index in [1.165, 1.54) is 0 Å². The van der Waals surface area contributed by atoms with E-state index < -0.39 is 0 Å². The molecule has 0 saturated carbocycles. The molecule has 0 aliphatic rings. The Bertz CT molecular complexity index is 1040. The van der Waals surface area contributed by atoms with Crippen molar-refractivity contribution in [2.45, 2.75) is 26.9 Å². The summed E-state index contributed by atoms with van der Waals surface area (Å²) in [6.45, 7) is 5.25. The number of rotatable bonds is 6. The van der Waals surface area contributed by atoms with Crippen LogP contribution in [0.3, 0.4) is 0 Å². The summed E-state index contributed by atoms with van der Waals surface area (Å²) in [7, 11) is 5.80. The maximum atomic E-state index is 12.7. The first kappa shape index (κ1) is 19.7. The summed E-state index contributed by atoms with van der Waals surface area (Å²) in [6.07, 6.45) is 1.80. The lowest BCUT2D eigenvalue weighted by molar-refractivity contribution is 0.0943. The third kappa shape index (κ3) is 3.96. The molecule has 6 heteroatoms. The van der Waals surface area contributed by atoms with Gasteiger partial charge >= 0.3 is 0 Å². The van der Waals surface area contributed by atoms with Crippen molar-refractivity contribution in [1.29, 1.82) is 0 Å². The van der Waals surface area contributed by atoms with Crippen LogP contribution >= 0.6 is 0 Å². The van der Waals surface area contributed by atoms with Gasteiger partial charge < -0.3 is 19.4 Å². The quantitative estimate of drug-likeness (QED) is 0.715. The second kappa shape index (κ2) is 7.92. The molecule has 2 aromatic heterocycles. The smallest absolute Gasteiger partial charge is 0.268 e. The molecule has 148 valence electrons. The van der Waals surface area contributed by atoms with E-state index in [1.54, 1.807) is 21.4 Å². The summed E-state index contributed by atoms with van der Waals surface area (Å²) in [6, 6.07) is 11.6. The van der Waals surface area contributed by atoms with Crippen LogP contribution in [-0.4, -0.2) is 29.1 Å². The number of hydrogen-bond donors (Lipinski definition) is 1. The Balaban J connectivity index is 1.80. The molecule has 0 unspecified atom stereocenters. The lowest BCUT2D eigenvalue weighted by Gasteiger charge is -2.13. The summed E-state index contributed by atoms with van der Waals surface area (Å²) >= 11 is 0. The van der Waals surface area contributed by atoms with E-state index in [0.717, 1.165) is 16.8 Å². The van der Waals surface area contributed by atoms with E-state index in [1.807, 2.05) is 56.4 Å². The molecule has 0 aliphatic carbocycles. The molecule has 0 fully saturated rings. The van der Waals surface area contributed by atoms with Gasteiger partial charge in [-0.1, -0.05) is 26.0 Å². The number of aryl methyl sites for hydroxylation is 1. The zero-order valence-corrected chi connectivity index (χ0v) is 17.2. The highest BCUT2D eigenvalue weighted by atomic mass is 16.2. The fourth-order valence-corrected chi connectivity index (χ4v) is 3.31. The van der Waals surface area contributed by atoms with Crippen LogP contribution in [0.4, 0.5) is 5.69 Å². The summed E-state index contributed by atoms with van der Waals surface area (Å²) < 4.78 is 3.49. The lowest BCUT2D eigenvalue weighted by Crippen LogP contribution is -2.24. The van der Waals surface area contributed by atoms with Gasteiger partial charge in [0.1, 0.15) is 5.69 Å². The lowest BCUT2D eigenvalue weighted by atomic mass is 10.2.